The lowest BCUT2D eigenvalue weighted by molar-refractivity contribution is 0.0934. The number of carbonyl (C=O) groups excluding carboxylic acids is 1. The third kappa shape index (κ3) is 6.44. The van der Waals surface area contributed by atoms with Gasteiger partial charge in [-0.05, 0) is 48.6 Å². The van der Waals surface area contributed by atoms with Crippen molar-refractivity contribution in [1.29, 1.82) is 0 Å². The first-order chi connectivity index (χ1) is 12.2. The fourth-order valence-electron chi connectivity index (χ4n) is 1.89. The van der Waals surface area contributed by atoms with Gasteiger partial charge in [0, 0.05) is 10.2 Å². The first-order valence-electron chi connectivity index (χ1n) is 7.12. The van der Waals surface area contributed by atoms with E-state index in [9.17, 15) is 4.79 Å². The van der Waals surface area contributed by atoms with Crippen LogP contribution < -0.4 is 16.0 Å². The van der Waals surface area contributed by atoms with E-state index in [4.69, 9.17) is 58.6 Å². The van der Waals surface area contributed by atoms with Crippen LogP contribution in [0.4, 0.5) is 5.69 Å². The third-order valence-electron chi connectivity index (χ3n) is 3.10. The van der Waals surface area contributed by atoms with Crippen molar-refractivity contribution in [1.82, 2.24) is 10.6 Å². The summed E-state index contributed by atoms with van der Waals surface area (Å²) >= 11 is 32.5. The van der Waals surface area contributed by atoms with Gasteiger partial charge in [-0.1, -0.05) is 74.5 Å². The summed E-state index contributed by atoms with van der Waals surface area (Å²) < 4.78 is -0.935. The Hall–Kier alpha value is -0.760. The van der Waals surface area contributed by atoms with Crippen LogP contribution in [0.5, 0.6) is 0 Å². The zero-order valence-corrected chi connectivity index (χ0v) is 18.3. The van der Waals surface area contributed by atoms with Gasteiger partial charge in [0.1, 0.15) is 6.17 Å². The standard InChI is InChI=1S/C16H12BrCl4N3OS/c17-9-5-7-10(8-6-9)22-15(26)24-14(16(19,20)21)23-13(25)11-3-1-2-4-12(11)18/h1-8,14H,(H,23,25)(H2,22,24,26)/t14-/m0/s1. The number of anilines is 1. The van der Waals surface area contributed by atoms with Crippen molar-refractivity contribution in [2.75, 3.05) is 5.32 Å². The molecule has 4 nitrogen and oxygen atoms in total. The summed E-state index contributed by atoms with van der Waals surface area (Å²) in [7, 11) is 0. The topological polar surface area (TPSA) is 53.2 Å². The molecule has 0 aliphatic rings. The Bertz CT molecular complexity index is 799. The minimum absolute atomic E-state index is 0.170. The molecule has 0 radical (unpaired) electrons. The maximum atomic E-state index is 12.4. The zero-order valence-electron chi connectivity index (χ0n) is 12.9. The molecule has 1 atom stereocenters. The van der Waals surface area contributed by atoms with Gasteiger partial charge in [0.25, 0.3) is 5.91 Å². The number of hydrogen-bond donors (Lipinski definition) is 3. The van der Waals surface area contributed by atoms with Crippen LogP contribution in [0.15, 0.2) is 53.0 Å². The molecule has 2 aromatic rings. The molecule has 0 aliphatic carbocycles. The van der Waals surface area contributed by atoms with Gasteiger partial charge in [0.15, 0.2) is 5.11 Å². The summed E-state index contributed by atoms with van der Waals surface area (Å²) in [6, 6.07) is 13.8. The number of carbonyl (C=O) groups is 1. The summed E-state index contributed by atoms with van der Waals surface area (Å²) in [5.74, 6) is -0.508. The van der Waals surface area contributed by atoms with E-state index in [1.54, 1.807) is 24.3 Å². The molecule has 3 N–H and O–H groups in total. The molecule has 138 valence electrons. The number of halogens is 5. The van der Waals surface area contributed by atoms with Crippen LogP contribution >= 0.6 is 74.6 Å². The molecule has 0 saturated carbocycles. The highest BCUT2D eigenvalue weighted by atomic mass is 79.9. The molecule has 0 aliphatic heterocycles. The zero-order chi connectivity index (χ0) is 19.3. The van der Waals surface area contributed by atoms with Crippen LogP contribution in [-0.4, -0.2) is 21.0 Å². The average molecular weight is 516 g/mol. The molecule has 26 heavy (non-hydrogen) atoms. The monoisotopic (exact) mass is 513 g/mol. The predicted octanol–water partition coefficient (Wildman–Crippen LogP) is 5.52. The Morgan fingerprint density at radius 1 is 1.04 bits per heavy atom. The van der Waals surface area contributed by atoms with Gasteiger partial charge >= 0.3 is 0 Å². The largest absolute Gasteiger partial charge is 0.339 e. The predicted molar refractivity (Wildman–Crippen MR) is 116 cm³/mol. The molecule has 0 unspecified atom stereocenters. The number of nitrogens with one attached hydrogen (secondary N) is 3. The van der Waals surface area contributed by atoms with Gasteiger partial charge < -0.3 is 16.0 Å². The fraction of sp³-hybridized carbons (Fsp3) is 0.125. The molecule has 0 fully saturated rings. The van der Waals surface area contributed by atoms with E-state index < -0.39 is 15.9 Å². The smallest absolute Gasteiger partial charge is 0.254 e. The lowest BCUT2D eigenvalue weighted by Gasteiger charge is -2.28. The van der Waals surface area contributed by atoms with Crippen LogP contribution in [-0.2, 0) is 0 Å². The number of amides is 1. The second-order valence-corrected chi connectivity index (χ2v) is 9.13. The van der Waals surface area contributed by atoms with E-state index in [0.717, 1.165) is 10.2 Å². The van der Waals surface area contributed by atoms with Gasteiger partial charge in [-0.3, -0.25) is 4.79 Å². The first kappa shape index (κ1) is 21.5. The van der Waals surface area contributed by atoms with E-state index in [1.807, 2.05) is 24.3 Å². The van der Waals surface area contributed by atoms with Gasteiger partial charge in [-0.15, -0.1) is 0 Å². The van der Waals surface area contributed by atoms with E-state index in [2.05, 4.69) is 31.9 Å². The highest BCUT2D eigenvalue weighted by Gasteiger charge is 2.35. The van der Waals surface area contributed by atoms with Crippen molar-refractivity contribution >= 4 is 91.3 Å². The van der Waals surface area contributed by atoms with Gasteiger partial charge in [-0.2, -0.15) is 0 Å². The second-order valence-electron chi connectivity index (χ2n) is 5.03. The normalized spacial score (nSPS) is 12.2. The maximum Gasteiger partial charge on any atom is 0.254 e. The van der Waals surface area contributed by atoms with Crippen LogP contribution in [0.1, 0.15) is 10.4 Å². The van der Waals surface area contributed by atoms with Crippen molar-refractivity contribution in [3.05, 3.63) is 63.6 Å². The summed E-state index contributed by atoms with van der Waals surface area (Å²) in [5.41, 5.74) is 0.980. The third-order valence-corrected chi connectivity index (χ3v) is 4.83. The van der Waals surface area contributed by atoms with Crippen LogP contribution in [0.3, 0.4) is 0 Å². The summed E-state index contributed by atoms with van der Waals surface area (Å²) in [6.45, 7) is 0. The Labute approximate surface area is 184 Å². The second kappa shape index (κ2) is 9.44. The molecular weight excluding hydrogens is 504 g/mol. The van der Waals surface area contributed by atoms with E-state index in [-0.39, 0.29) is 15.7 Å². The molecule has 0 spiro atoms. The highest BCUT2D eigenvalue weighted by Crippen LogP contribution is 2.29. The first-order valence-corrected chi connectivity index (χ1v) is 9.83. The van der Waals surface area contributed by atoms with E-state index in [1.165, 1.54) is 0 Å². The Balaban J connectivity index is 2.07. The van der Waals surface area contributed by atoms with Crippen molar-refractivity contribution in [3.8, 4) is 0 Å². The van der Waals surface area contributed by atoms with Gasteiger partial charge in [-0.25, -0.2) is 0 Å². The molecule has 0 saturated heterocycles. The van der Waals surface area contributed by atoms with Gasteiger partial charge in [0.2, 0.25) is 3.79 Å². The summed E-state index contributed by atoms with van der Waals surface area (Å²) in [6.07, 6.45) is -1.09. The molecule has 0 bridgehead atoms. The van der Waals surface area contributed by atoms with Crippen LogP contribution in [0, 0.1) is 0 Å². The summed E-state index contributed by atoms with van der Waals surface area (Å²) in [4.78, 5) is 12.4. The van der Waals surface area contributed by atoms with Crippen LogP contribution in [0.2, 0.25) is 5.02 Å². The van der Waals surface area contributed by atoms with Crippen molar-refractivity contribution in [2.24, 2.45) is 0 Å². The molecule has 2 rings (SSSR count). The number of alkyl halides is 3. The summed E-state index contributed by atoms with van der Waals surface area (Å²) in [5, 5.41) is 8.75. The lowest BCUT2D eigenvalue weighted by atomic mass is 10.2. The molecule has 1 amide bonds. The number of rotatable bonds is 4. The Kier molecular flexibility index (Phi) is 7.82. The fourth-order valence-corrected chi connectivity index (χ4v) is 2.93. The van der Waals surface area contributed by atoms with E-state index in [0.29, 0.717) is 0 Å². The Morgan fingerprint density at radius 2 is 1.65 bits per heavy atom. The highest BCUT2D eigenvalue weighted by molar-refractivity contribution is 9.10. The maximum absolute atomic E-state index is 12.4. The minimum atomic E-state index is -1.86. The lowest BCUT2D eigenvalue weighted by Crippen LogP contribution is -2.56. The minimum Gasteiger partial charge on any atom is -0.339 e. The van der Waals surface area contributed by atoms with E-state index >= 15 is 0 Å². The molecule has 0 heterocycles. The van der Waals surface area contributed by atoms with Crippen molar-refractivity contribution in [3.63, 3.8) is 0 Å². The molecule has 10 heteroatoms. The average Bonchev–Trinajstić information content (AvgIpc) is 2.56. The van der Waals surface area contributed by atoms with Gasteiger partial charge in [0.05, 0.1) is 10.6 Å². The molecule has 2 aromatic carbocycles. The number of hydrogen-bond acceptors (Lipinski definition) is 2. The van der Waals surface area contributed by atoms with Crippen molar-refractivity contribution in [2.45, 2.75) is 9.96 Å². The number of benzene rings is 2. The number of thiocarbonyl (C=S) groups is 1. The molecular formula is C16H12BrCl4N3OS. The van der Waals surface area contributed by atoms with Crippen LogP contribution in [0.25, 0.3) is 0 Å². The SMILES string of the molecule is O=C(N[C@@H](NC(=S)Nc1ccc(Br)cc1)C(Cl)(Cl)Cl)c1ccccc1Cl. The quantitative estimate of drug-likeness (QED) is 0.285. The van der Waals surface area contributed by atoms with Crippen molar-refractivity contribution < 1.29 is 4.79 Å². The Morgan fingerprint density at radius 3 is 2.23 bits per heavy atom. The molecule has 0 aromatic heterocycles.